The molecule has 0 aliphatic carbocycles. The third kappa shape index (κ3) is 5.83. The molecule has 8 nitrogen and oxygen atoms in total. The van der Waals surface area contributed by atoms with E-state index in [2.05, 4.69) is 38.2 Å². The summed E-state index contributed by atoms with van der Waals surface area (Å²) in [5, 5.41) is 11.2. The highest BCUT2D eigenvalue weighted by Crippen LogP contribution is 2.48. The summed E-state index contributed by atoms with van der Waals surface area (Å²) in [5.74, 6) is 1.76. The molecule has 3 heterocycles. The molecule has 0 bridgehead atoms. The van der Waals surface area contributed by atoms with E-state index in [4.69, 9.17) is 14.2 Å². The van der Waals surface area contributed by atoms with Gasteiger partial charge in [0.1, 0.15) is 17.6 Å². The summed E-state index contributed by atoms with van der Waals surface area (Å²) in [6.07, 6.45) is 4.12. The molecular formula is C33H46N2O6Si. The third-order valence-corrected chi connectivity index (χ3v) is 14.1. The highest BCUT2D eigenvalue weighted by molar-refractivity contribution is 6.91. The van der Waals surface area contributed by atoms with Gasteiger partial charge in [-0.15, -0.1) is 0 Å². The molecule has 0 aromatic heterocycles. The minimum atomic E-state index is -2.33. The number of likely N-dealkylation sites (tertiary alicyclic amines) is 1. The zero-order chi connectivity index (χ0) is 30.0. The first-order valence-electron chi connectivity index (χ1n) is 15.4. The maximum absolute atomic E-state index is 13.9. The first kappa shape index (κ1) is 30.6. The molecule has 5 atom stereocenters. The van der Waals surface area contributed by atoms with Gasteiger partial charge in [0.05, 0.1) is 33.9 Å². The largest absolute Gasteiger partial charge is 0.497 e. The van der Waals surface area contributed by atoms with Crippen LogP contribution in [0.15, 0.2) is 42.5 Å². The lowest BCUT2D eigenvalue weighted by Gasteiger charge is -2.46. The van der Waals surface area contributed by atoms with Gasteiger partial charge in [0, 0.05) is 55.8 Å². The predicted molar refractivity (Wildman–Crippen MR) is 166 cm³/mol. The van der Waals surface area contributed by atoms with Gasteiger partial charge in [-0.3, -0.25) is 9.59 Å². The lowest BCUT2D eigenvalue weighted by atomic mass is 9.86. The number of amides is 2. The lowest BCUT2D eigenvalue weighted by Crippen LogP contribution is -2.55. The Morgan fingerprint density at radius 1 is 1.10 bits per heavy atom. The van der Waals surface area contributed by atoms with E-state index in [1.54, 1.807) is 14.2 Å². The Bertz CT molecular complexity index is 1270. The highest BCUT2D eigenvalue weighted by atomic mass is 28.3. The molecule has 1 N–H and O–H groups in total. The number of hydrogen-bond acceptors (Lipinski definition) is 6. The number of ether oxygens (including phenoxy) is 3. The fourth-order valence-corrected chi connectivity index (χ4v) is 10.6. The zero-order valence-electron chi connectivity index (χ0n) is 25.7. The number of anilines is 1. The van der Waals surface area contributed by atoms with Crippen LogP contribution in [0.25, 0.3) is 0 Å². The predicted octanol–water partition coefficient (Wildman–Crippen LogP) is 4.66. The summed E-state index contributed by atoms with van der Waals surface area (Å²) in [6, 6.07) is 14.1. The Kier molecular flexibility index (Phi) is 9.30. The van der Waals surface area contributed by atoms with Gasteiger partial charge in [-0.05, 0) is 56.0 Å². The van der Waals surface area contributed by atoms with Gasteiger partial charge in [-0.2, -0.15) is 0 Å². The topological polar surface area (TPSA) is 88.5 Å². The van der Waals surface area contributed by atoms with Crippen LogP contribution in [-0.2, 0) is 14.3 Å². The van der Waals surface area contributed by atoms with Crippen molar-refractivity contribution in [1.82, 2.24) is 4.90 Å². The minimum Gasteiger partial charge on any atom is -0.497 e. The van der Waals surface area contributed by atoms with E-state index in [1.807, 2.05) is 34.1 Å². The number of fused-ring (bicyclic) bond motifs is 1. The highest BCUT2D eigenvalue weighted by Gasteiger charge is 2.49. The smallest absolute Gasteiger partial charge is 0.226 e. The monoisotopic (exact) mass is 594 g/mol. The summed E-state index contributed by atoms with van der Waals surface area (Å²) in [4.78, 5) is 30.3. The molecule has 5 rings (SSSR count). The maximum Gasteiger partial charge on any atom is 0.226 e. The average Bonchev–Trinajstić information content (AvgIpc) is 3.49. The molecule has 2 fully saturated rings. The Balaban J connectivity index is 1.51. The molecule has 1 unspecified atom stereocenters. The molecule has 42 heavy (non-hydrogen) atoms. The van der Waals surface area contributed by atoms with Crippen LogP contribution in [0.4, 0.5) is 5.69 Å². The zero-order valence-corrected chi connectivity index (χ0v) is 26.7. The Morgan fingerprint density at radius 3 is 2.52 bits per heavy atom. The van der Waals surface area contributed by atoms with Crippen LogP contribution in [0.5, 0.6) is 11.5 Å². The second-order valence-corrected chi connectivity index (χ2v) is 17.4. The van der Waals surface area contributed by atoms with Crippen molar-refractivity contribution in [2.24, 2.45) is 5.92 Å². The summed E-state index contributed by atoms with van der Waals surface area (Å²) in [7, 11) is 1.07. The van der Waals surface area contributed by atoms with Gasteiger partial charge in [0.15, 0.2) is 0 Å². The maximum atomic E-state index is 13.9. The molecule has 0 saturated carbocycles. The first-order chi connectivity index (χ1) is 20.2. The second-order valence-electron chi connectivity index (χ2n) is 12.6. The van der Waals surface area contributed by atoms with Gasteiger partial charge >= 0.3 is 0 Å². The Labute approximate surface area is 250 Å². The molecule has 2 amide bonds. The molecular weight excluding hydrogens is 548 g/mol. The second kappa shape index (κ2) is 12.8. The van der Waals surface area contributed by atoms with Gasteiger partial charge in [0.2, 0.25) is 11.8 Å². The van der Waals surface area contributed by atoms with Crippen molar-refractivity contribution in [1.29, 1.82) is 0 Å². The van der Waals surface area contributed by atoms with E-state index in [-0.39, 0.29) is 48.1 Å². The summed E-state index contributed by atoms with van der Waals surface area (Å²) >= 11 is 0. The molecule has 3 aliphatic heterocycles. The van der Waals surface area contributed by atoms with Gasteiger partial charge in [0.25, 0.3) is 0 Å². The molecule has 0 spiro atoms. The fourth-order valence-electron chi connectivity index (χ4n) is 7.29. The summed E-state index contributed by atoms with van der Waals surface area (Å²) in [5.41, 5.74) is 1.78. The molecule has 228 valence electrons. The van der Waals surface area contributed by atoms with Crippen LogP contribution in [0.1, 0.15) is 57.1 Å². The molecule has 9 heteroatoms. The number of aliphatic hydroxyl groups is 1. The third-order valence-electron chi connectivity index (χ3n) is 9.91. The Hall–Kier alpha value is -2.88. The van der Waals surface area contributed by atoms with Crippen molar-refractivity contribution in [3.05, 3.63) is 48.0 Å². The number of carbonyl (C=O) groups is 2. The number of benzene rings is 2. The number of rotatable bonds is 9. The van der Waals surface area contributed by atoms with Crippen LogP contribution in [0.2, 0.25) is 18.6 Å². The molecule has 2 saturated heterocycles. The summed E-state index contributed by atoms with van der Waals surface area (Å²) < 4.78 is 18.5. The van der Waals surface area contributed by atoms with Crippen molar-refractivity contribution in [3.8, 4) is 11.5 Å². The van der Waals surface area contributed by atoms with E-state index < -0.39 is 8.07 Å². The Morgan fingerprint density at radius 2 is 1.86 bits per heavy atom. The normalized spacial score (nSPS) is 25.1. The number of piperidine rings is 1. The lowest BCUT2D eigenvalue weighted by molar-refractivity contribution is -0.133. The quantitative estimate of drug-likeness (QED) is 0.425. The van der Waals surface area contributed by atoms with Crippen molar-refractivity contribution < 1.29 is 28.9 Å². The SMILES string of the molecule is COc1ccc([Si](C)(C)C(CC(=O)N2CCC[C@H]2CO)[C@@H]2Oc3ccc(N4CCCCC4=O)cc3[C@H](OC)[C@H]2C)cc1. The minimum absolute atomic E-state index is 0.00693. The summed E-state index contributed by atoms with van der Waals surface area (Å²) in [6.45, 7) is 8.20. The molecule has 2 aromatic carbocycles. The van der Waals surface area contributed by atoms with E-state index in [0.717, 1.165) is 55.0 Å². The van der Waals surface area contributed by atoms with Gasteiger partial charge in [-0.1, -0.05) is 37.3 Å². The van der Waals surface area contributed by atoms with Crippen LogP contribution < -0.4 is 19.6 Å². The van der Waals surface area contributed by atoms with Crippen LogP contribution >= 0.6 is 0 Å². The van der Waals surface area contributed by atoms with E-state index >= 15 is 0 Å². The molecule has 2 aromatic rings. The first-order valence-corrected chi connectivity index (χ1v) is 18.5. The van der Waals surface area contributed by atoms with E-state index in [0.29, 0.717) is 19.4 Å². The average molecular weight is 595 g/mol. The van der Waals surface area contributed by atoms with Crippen molar-refractivity contribution in [3.63, 3.8) is 0 Å². The van der Waals surface area contributed by atoms with Crippen molar-refractivity contribution >= 4 is 30.8 Å². The number of methoxy groups -OCH3 is 2. The van der Waals surface area contributed by atoms with Crippen molar-refractivity contribution in [2.75, 3.05) is 38.8 Å². The van der Waals surface area contributed by atoms with E-state index in [9.17, 15) is 14.7 Å². The number of hydrogen-bond donors (Lipinski definition) is 1. The van der Waals surface area contributed by atoms with E-state index in [1.165, 1.54) is 5.19 Å². The number of aliphatic hydroxyl groups excluding tert-OH is 1. The number of carbonyl (C=O) groups excluding carboxylic acids is 2. The van der Waals surface area contributed by atoms with Gasteiger partial charge < -0.3 is 29.1 Å². The molecule has 0 radical (unpaired) electrons. The van der Waals surface area contributed by atoms with Crippen LogP contribution in [-0.4, -0.2) is 76.0 Å². The van der Waals surface area contributed by atoms with Crippen LogP contribution in [0, 0.1) is 5.92 Å². The fraction of sp³-hybridized carbons (Fsp3) is 0.576. The van der Waals surface area contributed by atoms with Gasteiger partial charge in [-0.25, -0.2) is 0 Å². The van der Waals surface area contributed by atoms with Crippen LogP contribution in [0.3, 0.4) is 0 Å². The number of nitrogens with zero attached hydrogens (tertiary/aromatic N) is 2. The van der Waals surface area contributed by atoms with Crippen molar-refractivity contribution in [2.45, 2.75) is 82.3 Å². The molecule has 3 aliphatic rings. The standard InChI is InChI=1S/C33H46N2O6Si/c1-22-32(40-3)27-19-23(34-17-7-6-10-30(34)37)11-16-28(27)41-33(22)29(20-31(38)35-18-8-9-24(35)21-36)42(4,5)26-14-12-25(39-2)13-15-26/h11-16,19,22,24,29,32-33,36H,6-10,17-18,20-21H2,1-5H3/t22-,24+,29?,32-,33-/m1/s1.